The second-order valence-corrected chi connectivity index (χ2v) is 7.55. The van der Waals surface area contributed by atoms with Crippen LogP contribution in [0.2, 0.25) is 0 Å². The maximum absolute atomic E-state index is 13.2. The molecular weight excluding hydrogens is 433 g/mol. The molecule has 0 aromatic heterocycles. The Balaban J connectivity index is 1.78. The number of carbonyl (C=O) groups is 1. The van der Waals surface area contributed by atoms with E-state index in [1.54, 1.807) is 12.1 Å². The number of ether oxygens (including phenoxy) is 3. The summed E-state index contributed by atoms with van der Waals surface area (Å²) in [5.41, 5.74) is 1.38. The Hall–Kier alpha value is -2.91. The highest BCUT2D eigenvalue weighted by atomic mass is 32.1. The zero-order valence-corrected chi connectivity index (χ0v) is 19.0. The highest BCUT2D eigenvalue weighted by Gasteiger charge is 2.18. The molecular formula is C23H28FN3O4S. The number of carbonyl (C=O) groups excluding carboxylic acids is 1. The molecule has 3 N–H and O–H groups in total. The van der Waals surface area contributed by atoms with Crippen LogP contribution in [0.5, 0.6) is 11.5 Å². The minimum atomic E-state index is -0.408. The standard InChI is InChI=1S/C23H28FN3O4S/c1-3-29-20-13-19(27-23(32)25-14-17-6-5-11-31-17)21(30-4-2)12-18(20)26-22(28)15-7-9-16(24)10-8-15/h7-10,12-13,17H,3-6,11,14H2,1-2H3,(H,26,28)(H2,25,27,32)/t17-/m0/s1. The number of rotatable bonds is 9. The van der Waals surface area contributed by atoms with Gasteiger partial charge in [0, 0.05) is 30.8 Å². The Kier molecular flexibility index (Phi) is 8.64. The second kappa shape index (κ2) is 11.6. The fourth-order valence-corrected chi connectivity index (χ4v) is 3.47. The van der Waals surface area contributed by atoms with Crippen molar-refractivity contribution in [3.05, 3.63) is 47.8 Å². The van der Waals surface area contributed by atoms with Gasteiger partial charge in [-0.25, -0.2) is 4.39 Å². The van der Waals surface area contributed by atoms with Crippen LogP contribution in [0.3, 0.4) is 0 Å². The van der Waals surface area contributed by atoms with Crippen LogP contribution < -0.4 is 25.4 Å². The SMILES string of the molecule is CCOc1cc(NC(=S)NC[C@@H]2CCCO2)c(OCC)cc1NC(=O)c1ccc(F)cc1. The molecule has 0 spiro atoms. The van der Waals surface area contributed by atoms with Crippen molar-refractivity contribution < 1.29 is 23.4 Å². The lowest BCUT2D eigenvalue weighted by atomic mass is 10.2. The summed E-state index contributed by atoms with van der Waals surface area (Å²) in [5.74, 6) is 0.167. The summed E-state index contributed by atoms with van der Waals surface area (Å²) in [6, 6.07) is 8.73. The van der Waals surface area contributed by atoms with Crippen LogP contribution in [0, 0.1) is 5.82 Å². The number of thiocarbonyl (C=S) groups is 1. The smallest absolute Gasteiger partial charge is 0.255 e. The summed E-state index contributed by atoms with van der Waals surface area (Å²) in [7, 11) is 0. The molecule has 7 nitrogen and oxygen atoms in total. The van der Waals surface area contributed by atoms with Crippen molar-refractivity contribution in [1.29, 1.82) is 0 Å². The summed E-state index contributed by atoms with van der Waals surface area (Å²) >= 11 is 5.42. The maximum Gasteiger partial charge on any atom is 0.255 e. The van der Waals surface area contributed by atoms with Crippen LogP contribution in [-0.4, -0.2) is 43.5 Å². The van der Waals surface area contributed by atoms with Crippen LogP contribution >= 0.6 is 12.2 Å². The number of anilines is 2. The molecule has 172 valence electrons. The zero-order valence-electron chi connectivity index (χ0n) is 18.2. The van der Waals surface area contributed by atoms with Gasteiger partial charge < -0.3 is 30.2 Å². The van der Waals surface area contributed by atoms with Crippen LogP contribution in [0.15, 0.2) is 36.4 Å². The molecule has 1 saturated heterocycles. The average molecular weight is 462 g/mol. The van der Waals surface area contributed by atoms with Crippen molar-refractivity contribution in [3.8, 4) is 11.5 Å². The van der Waals surface area contributed by atoms with Crippen LogP contribution in [0.4, 0.5) is 15.8 Å². The number of halogens is 1. The van der Waals surface area contributed by atoms with E-state index in [1.807, 2.05) is 13.8 Å². The summed E-state index contributed by atoms with van der Waals surface area (Å²) < 4.78 is 30.3. The molecule has 0 bridgehead atoms. The fourth-order valence-electron chi connectivity index (χ4n) is 3.28. The lowest BCUT2D eigenvalue weighted by Crippen LogP contribution is -2.34. The molecule has 1 atom stereocenters. The van der Waals surface area contributed by atoms with Gasteiger partial charge >= 0.3 is 0 Å². The molecule has 32 heavy (non-hydrogen) atoms. The van der Waals surface area contributed by atoms with E-state index < -0.39 is 5.82 Å². The van der Waals surface area contributed by atoms with E-state index in [1.165, 1.54) is 24.3 Å². The first-order chi connectivity index (χ1) is 15.5. The molecule has 0 saturated carbocycles. The zero-order chi connectivity index (χ0) is 22.9. The molecule has 0 unspecified atom stereocenters. The third kappa shape index (κ3) is 6.54. The molecule has 1 fully saturated rings. The second-order valence-electron chi connectivity index (χ2n) is 7.14. The minimum absolute atomic E-state index is 0.157. The minimum Gasteiger partial charge on any atom is -0.492 e. The average Bonchev–Trinajstić information content (AvgIpc) is 3.29. The van der Waals surface area contributed by atoms with E-state index in [9.17, 15) is 9.18 Å². The van der Waals surface area contributed by atoms with Crippen LogP contribution in [0.25, 0.3) is 0 Å². The number of hydrogen-bond acceptors (Lipinski definition) is 5. The molecule has 9 heteroatoms. The van der Waals surface area contributed by atoms with Gasteiger partial charge in [0.1, 0.15) is 17.3 Å². The van der Waals surface area contributed by atoms with E-state index in [2.05, 4.69) is 16.0 Å². The molecule has 2 aromatic rings. The van der Waals surface area contributed by atoms with Crippen LogP contribution in [-0.2, 0) is 4.74 Å². The van der Waals surface area contributed by atoms with Crippen molar-refractivity contribution in [2.45, 2.75) is 32.8 Å². The highest BCUT2D eigenvalue weighted by Crippen LogP contribution is 2.37. The molecule has 1 aliphatic rings. The third-order valence-corrected chi connectivity index (χ3v) is 5.04. The predicted octanol–water partition coefficient (Wildman–Crippen LogP) is 4.34. The van der Waals surface area contributed by atoms with E-state index in [-0.39, 0.29) is 12.0 Å². The van der Waals surface area contributed by atoms with E-state index in [0.29, 0.717) is 53.3 Å². The Morgan fingerprint density at radius 1 is 1.09 bits per heavy atom. The molecule has 1 aliphatic heterocycles. The lowest BCUT2D eigenvalue weighted by Gasteiger charge is -2.19. The molecule has 1 amide bonds. The van der Waals surface area contributed by atoms with Crippen molar-refractivity contribution in [1.82, 2.24) is 5.32 Å². The molecule has 1 heterocycles. The maximum atomic E-state index is 13.2. The molecule has 2 aromatic carbocycles. The molecule has 0 radical (unpaired) electrons. The third-order valence-electron chi connectivity index (χ3n) is 4.80. The normalized spacial score (nSPS) is 15.2. The van der Waals surface area contributed by atoms with E-state index >= 15 is 0 Å². The van der Waals surface area contributed by atoms with Gasteiger partial charge in [-0.1, -0.05) is 0 Å². The first-order valence-electron chi connectivity index (χ1n) is 10.7. The Bertz CT molecular complexity index is 934. The van der Waals surface area contributed by atoms with Crippen molar-refractivity contribution in [3.63, 3.8) is 0 Å². The van der Waals surface area contributed by atoms with Gasteiger partial charge in [-0.15, -0.1) is 0 Å². The monoisotopic (exact) mass is 461 g/mol. The summed E-state index contributed by atoms with van der Waals surface area (Å²) in [5, 5.41) is 9.56. The summed E-state index contributed by atoms with van der Waals surface area (Å²) in [4.78, 5) is 12.6. The molecule has 3 rings (SSSR count). The van der Waals surface area contributed by atoms with Gasteiger partial charge in [-0.2, -0.15) is 0 Å². The number of benzene rings is 2. The first kappa shape index (κ1) is 23.7. The van der Waals surface area contributed by atoms with Crippen LogP contribution in [0.1, 0.15) is 37.0 Å². The summed E-state index contributed by atoms with van der Waals surface area (Å²) in [6.07, 6.45) is 2.23. The van der Waals surface area contributed by atoms with E-state index in [4.69, 9.17) is 26.4 Å². The van der Waals surface area contributed by atoms with Crippen molar-refractivity contribution in [2.24, 2.45) is 0 Å². The highest BCUT2D eigenvalue weighted by molar-refractivity contribution is 7.80. The van der Waals surface area contributed by atoms with Gasteiger partial charge in [0.05, 0.1) is 30.7 Å². The Morgan fingerprint density at radius 2 is 1.72 bits per heavy atom. The first-order valence-corrected chi connectivity index (χ1v) is 11.1. The van der Waals surface area contributed by atoms with Gasteiger partial charge in [-0.05, 0) is 63.2 Å². The largest absolute Gasteiger partial charge is 0.492 e. The predicted molar refractivity (Wildman–Crippen MR) is 126 cm³/mol. The fraction of sp³-hybridized carbons (Fsp3) is 0.391. The van der Waals surface area contributed by atoms with Gasteiger partial charge in [0.15, 0.2) is 5.11 Å². The van der Waals surface area contributed by atoms with E-state index in [0.717, 1.165) is 19.4 Å². The number of amides is 1. The number of hydrogen-bond donors (Lipinski definition) is 3. The van der Waals surface area contributed by atoms with Gasteiger partial charge in [-0.3, -0.25) is 4.79 Å². The van der Waals surface area contributed by atoms with Gasteiger partial charge in [0.25, 0.3) is 5.91 Å². The Morgan fingerprint density at radius 3 is 2.28 bits per heavy atom. The number of nitrogens with one attached hydrogen (secondary N) is 3. The van der Waals surface area contributed by atoms with Gasteiger partial charge in [0.2, 0.25) is 0 Å². The Labute approximate surface area is 192 Å². The topological polar surface area (TPSA) is 80.8 Å². The molecule has 0 aliphatic carbocycles. The van der Waals surface area contributed by atoms with Crippen molar-refractivity contribution in [2.75, 3.05) is 37.0 Å². The van der Waals surface area contributed by atoms with Crippen molar-refractivity contribution >= 4 is 34.6 Å². The quantitative estimate of drug-likeness (QED) is 0.479. The summed E-state index contributed by atoms with van der Waals surface area (Å²) in [6.45, 7) is 5.94. The lowest BCUT2D eigenvalue weighted by molar-refractivity contribution is 0.102.